The standard InChI is InChI=1S/C8H5ClN2O2/c9-7-2-1-5(4-10)3-6(7)8(12)11-13/h1-3,13H,(H,11,12). The molecule has 2 N–H and O–H groups in total. The number of nitriles is 1. The molecular formula is C8H5ClN2O2. The fourth-order valence-corrected chi connectivity index (χ4v) is 1.03. The summed E-state index contributed by atoms with van der Waals surface area (Å²) < 4.78 is 0. The van der Waals surface area contributed by atoms with Crippen LogP contribution in [0.3, 0.4) is 0 Å². The van der Waals surface area contributed by atoms with Gasteiger partial charge < -0.3 is 0 Å². The maximum absolute atomic E-state index is 10.9. The van der Waals surface area contributed by atoms with Crippen LogP contribution in [0.1, 0.15) is 15.9 Å². The van der Waals surface area contributed by atoms with Crippen molar-refractivity contribution in [3.05, 3.63) is 34.3 Å². The molecule has 1 aromatic rings. The van der Waals surface area contributed by atoms with Crippen molar-refractivity contribution in [3.63, 3.8) is 0 Å². The molecule has 4 nitrogen and oxygen atoms in total. The first kappa shape index (κ1) is 9.52. The molecule has 1 amide bonds. The smallest absolute Gasteiger partial charge is 0.276 e. The van der Waals surface area contributed by atoms with Gasteiger partial charge in [-0.2, -0.15) is 5.26 Å². The van der Waals surface area contributed by atoms with E-state index in [9.17, 15) is 4.79 Å². The Morgan fingerprint density at radius 3 is 2.85 bits per heavy atom. The molecule has 0 aliphatic rings. The second-order valence-corrected chi connectivity index (χ2v) is 2.65. The molecule has 1 aromatic carbocycles. The summed E-state index contributed by atoms with van der Waals surface area (Å²) >= 11 is 5.65. The lowest BCUT2D eigenvalue weighted by atomic mass is 10.1. The van der Waals surface area contributed by atoms with Gasteiger partial charge in [0, 0.05) is 0 Å². The highest BCUT2D eigenvalue weighted by Crippen LogP contribution is 2.16. The quantitative estimate of drug-likeness (QED) is 0.526. The topological polar surface area (TPSA) is 73.1 Å². The minimum Gasteiger partial charge on any atom is -0.288 e. The van der Waals surface area contributed by atoms with E-state index < -0.39 is 5.91 Å². The lowest BCUT2D eigenvalue weighted by Crippen LogP contribution is -2.19. The molecule has 0 bridgehead atoms. The second kappa shape index (κ2) is 3.90. The van der Waals surface area contributed by atoms with Gasteiger partial charge in [0.05, 0.1) is 22.2 Å². The normalized spacial score (nSPS) is 9.00. The van der Waals surface area contributed by atoms with Crippen molar-refractivity contribution in [1.82, 2.24) is 5.48 Å². The molecule has 0 atom stereocenters. The van der Waals surface area contributed by atoms with Gasteiger partial charge in [0.1, 0.15) is 0 Å². The van der Waals surface area contributed by atoms with Crippen LogP contribution in [0.25, 0.3) is 0 Å². The van der Waals surface area contributed by atoms with Crippen molar-refractivity contribution in [2.45, 2.75) is 0 Å². The van der Waals surface area contributed by atoms with Crippen molar-refractivity contribution in [2.24, 2.45) is 0 Å². The van der Waals surface area contributed by atoms with Crippen molar-refractivity contribution in [1.29, 1.82) is 5.26 Å². The number of carbonyl (C=O) groups excluding carboxylic acids is 1. The minimum atomic E-state index is -0.734. The molecule has 1 rings (SSSR count). The molecule has 13 heavy (non-hydrogen) atoms. The van der Waals surface area contributed by atoms with Gasteiger partial charge in [0.2, 0.25) is 0 Å². The van der Waals surface area contributed by atoms with E-state index in [0.29, 0.717) is 5.56 Å². The first-order valence-corrected chi connectivity index (χ1v) is 3.71. The number of carbonyl (C=O) groups is 1. The van der Waals surface area contributed by atoms with E-state index >= 15 is 0 Å². The van der Waals surface area contributed by atoms with Gasteiger partial charge in [-0.25, -0.2) is 5.48 Å². The Morgan fingerprint density at radius 2 is 2.31 bits per heavy atom. The van der Waals surface area contributed by atoms with E-state index in [0.717, 1.165) is 0 Å². The summed E-state index contributed by atoms with van der Waals surface area (Å²) in [7, 11) is 0. The average molecular weight is 197 g/mol. The second-order valence-electron chi connectivity index (χ2n) is 2.25. The van der Waals surface area contributed by atoms with Crippen LogP contribution in [-0.2, 0) is 0 Å². The van der Waals surface area contributed by atoms with Gasteiger partial charge in [-0.1, -0.05) is 11.6 Å². The van der Waals surface area contributed by atoms with Gasteiger partial charge in [-0.15, -0.1) is 0 Å². The monoisotopic (exact) mass is 196 g/mol. The third-order valence-electron chi connectivity index (χ3n) is 1.44. The maximum atomic E-state index is 10.9. The number of nitrogens with zero attached hydrogens (tertiary/aromatic N) is 1. The van der Waals surface area contributed by atoms with E-state index in [4.69, 9.17) is 22.1 Å². The lowest BCUT2D eigenvalue weighted by molar-refractivity contribution is 0.0706. The van der Waals surface area contributed by atoms with Crippen LogP contribution in [0.15, 0.2) is 18.2 Å². The fourth-order valence-electron chi connectivity index (χ4n) is 0.829. The summed E-state index contributed by atoms with van der Waals surface area (Å²) in [5.74, 6) is -0.734. The highest BCUT2D eigenvalue weighted by molar-refractivity contribution is 6.33. The summed E-state index contributed by atoms with van der Waals surface area (Å²) in [6.07, 6.45) is 0. The van der Waals surface area contributed by atoms with Crippen LogP contribution in [0.2, 0.25) is 5.02 Å². The third-order valence-corrected chi connectivity index (χ3v) is 1.77. The Labute approximate surface area is 79.3 Å². The third kappa shape index (κ3) is 1.96. The molecule has 0 aliphatic carbocycles. The maximum Gasteiger partial charge on any atom is 0.276 e. The van der Waals surface area contributed by atoms with Gasteiger partial charge in [-0.3, -0.25) is 10.0 Å². The Morgan fingerprint density at radius 1 is 1.62 bits per heavy atom. The van der Waals surface area contributed by atoms with Crippen molar-refractivity contribution in [2.75, 3.05) is 0 Å². The zero-order chi connectivity index (χ0) is 9.84. The molecule has 0 heterocycles. The van der Waals surface area contributed by atoms with Gasteiger partial charge in [-0.05, 0) is 18.2 Å². The summed E-state index contributed by atoms with van der Waals surface area (Å²) in [6.45, 7) is 0. The molecule has 0 aliphatic heterocycles. The molecule has 0 fully saturated rings. The predicted octanol–water partition coefficient (Wildman–Crippen LogP) is 1.33. The molecule has 0 saturated heterocycles. The van der Waals surface area contributed by atoms with E-state index in [-0.39, 0.29) is 10.6 Å². The van der Waals surface area contributed by atoms with Crippen LogP contribution >= 0.6 is 11.6 Å². The lowest BCUT2D eigenvalue weighted by Gasteiger charge is -2.01. The van der Waals surface area contributed by atoms with E-state index in [1.54, 1.807) is 0 Å². The molecule has 0 aromatic heterocycles. The Hall–Kier alpha value is -1.57. The minimum absolute atomic E-state index is 0.0724. The first-order chi connectivity index (χ1) is 6.19. The van der Waals surface area contributed by atoms with E-state index in [1.165, 1.54) is 23.7 Å². The molecule has 0 radical (unpaired) electrons. The number of benzene rings is 1. The number of hydrogen-bond donors (Lipinski definition) is 2. The van der Waals surface area contributed by atoms with Crippen molar-refractivity contribution >= 4 is 17.5 Å². The molecule has 66 valence electrons. The van der Waals surface area contributed by atoms with Gasteiger partial charge >= 0.3 is 0 Å². The zero-order valence-electron chi connectivity index (χ0n) is 6.41. The highest BCUT2D eigenvalue weighted by Gasteiger charge is 2.09. The Balaban J connectivity index is 3.20. The number of hydroxylamine groups is 1. The van der Waals surface area contributed by atoms with Crippen LogP contribution < -0.4 is 5.48 Å². The van der Waals surface area contributed by atoms with Crippen LogP contribution in [-0.4, -0.2) is 11.1 Å². The van der Waals surface area contributed by atoms with Gasteiger partial charge in [0.15, 0.2) is 0 Å². The predicted molar refractivity (Wildman–Crippen MR) is 45.4 cm³/mol. The van der Waals surface area contributed by atoms with Crippen LogP contribution in [0.4, 0.5) is 0 Å². The van der Waals surface area contributed by atoms with E-state index in [2.05, 4.69) is 0 Å². The SMILES string of the molecule is N#Cc1ccc(Cl)c(C(=O)NO)c1. The number of hydrogen-bond acceptors (Lipinski definition) is 3. The first-order valence-electron chi connectivity index (χ1n) is 3.33. The van der Waals surface area contributed by atoms with Crippen molar-refractivity contribution in [3.8, 4) is 6.07 Å². The summed E-state index contributed by atoms with van der Waals surface area (Å²) in [5.41, 5.74) is 1.82. The highest BCUT2D eigenvalue weighted by atomic mass is 35.5. The fraction of sp³-hybridized carbons (Fsp3) is 0. The molecule has 5 heteroatoms. The molecule has 0 spiro atoms. The summed E-state index contributed by atoms with van der Waals surface area (Å²) in [4.78, 5) is 10.9. The largest absolute Gasteiger partial charge is 0.288 e. The number of halogens is 1. The van der Waals surface area contributed by atoms with Crippen LogP contribution in [0, 0.1) is 11.3 Å². The summed E-state index contributed by atoms with van der Waals surface area (Å²) in [6, 6.07) is 6.06. The molecule has 0 saturated carbocycles. The van der Waals surface area contributed by atoms with Crippen LogP contribution in [0.5, 0.6) is 0 Å². The zero-order valence-corrected chi connectivity index (χ0v) is 7.17. The average Bonchev–Trinajstić information content (AvgIpc) is 2.17. The Bertz CT molecular complexity index is 384. The Kier molecular flexibility index (Phi) is 2.85. The molecular weight excluding hydrogens is 192 g/mol. The summed E-state index contributed by atoms with van der Waals surface area (Å²) in [5, 5.41) is 17.0. The number of nitrogens with one attached hydrogen (secondary N) is 1. The molecule has 0 unspecified atom stereocenters. The number of amides is 1. The van der Waals surface area contributed by atoms with Crippen molar-refractivity contribution < 1.29 is 10.0 Å². The number of rotatable bonds is 1. The van der Waals surface area contributed by atoms with E-state index in [1.807, 2.05) is 6.07 Å². The van der Waals surface area contributed by atoms with Gasteiger partial charge in [0.25, 0.3) is 5.91 Å².